The molecule has 0 spiro atoms. The molecule has 0 radical (unpaired) electrons. The molecule has 0 heterocycles. The lowest BCUT2D eigenvalue weighted by Gasteiger charge is -2.26. The van der Waals surface area contributed by atoms with Gasteiger partial charge >= 0.3 is 5.97 Å². The quantitative estimate of drug-likeness (QED) is 0.375. The number of rotatable bonds is 12. The molecule has 7 heteroatoms. The highest BCUT2D eigenvalue weighted by molar-refractivity contribution is 5.87. The van der Waals surface area contributed by atoms with Gasteiger partial charge in [-0.1, -0.05) is 63.1 Å². The summed E-state index contributed by atoms with van der Waals surface area (Å²) in [6.07, 6.45) is 7.08. The van der Waals surface area contributed by atoms with Crippen LogP contribution in [-0.4, -0.2) is 23.9 Å². The molecule has 1 aliphatic carbocycles. The fourth-order valence-corrected chi connectivity index (χ4v) is 3.94. The molecule has 0 unspecified atom stereocenters. The Hall–Kier alpha value is -2.67. The molecule has 7 nitrogen and oxygen atoms in total. The Kier molecular flexibility index (Phi) is 10.9. The van der Waals surface area contributed by atoms with Gasteiger partial charge in [0.1, 0.15) is 0 Å². The van der Waals surface area contributed by atoms with Crippen molar-refractivity contribution in [3.8, 4) is 0 Å². The lowest BCUT2D eigenvalue weighted by Crippen LogP contribution is -2.44. The van der Waals surface area contributed by atoms with Gasteiger partial charge in [0.15, 0.2) is 0 Å². The zero-order valence-electron chi connectivity index (χ0n) is 19.2. The van der Waals surface area contributed by atoms with E-state index in [0.717, 1.165) is 31.2 Å². The van der Waals surface area contributed by atoms with Gasteiger partial charge < -0.3 is 4.84 Å². The smallest absolute Gasteiger partial charge is 0.332 e. The normalized spacial score (nSPS) is 15.7. The molecule has 1 aromatic rings. The fourth-order valence-electron chi connectivity index (χ4n) is 3.94. The molecule has 0 bridgehead atoms. The van der Waals surface area contributed by atoms with E-state index in [2.05, 4.69) is 17.5 Å². The van der Waals surface area contributed by atoms with E-state index in [4.69, 9.17) is 9.68 Å². The van der Waals surface area contributed by atoms with Gasteiger partial charge in [-0.05, 0) is 43.6 Å². The van der Waals surface area contributed by atoms with Gasteiger partial charge in [0, 0.05) is 0 Å². The molecule has 2 rings (SSSR count). The van der Waals surface area contributed by atoms with Crippen LogP contribution >= 0.6 is 0 Å². The third-order valence-electron chi connectivity index (χ3n) is 5.66. The largest absolute Gasteiger partial charge is 0.341 e. The number of hydrogen-bond donors (Lipinski definition) is 2. The van der Waals surface area contributed by atoms with E-state index in [1.165, 1.54) is 0 Å². The molecule has 2 N–H and O–H groups in total. The van der Waals surface area contributed by atoms with Crippen molar-refractivity contribution < 1.29 is 24.1 Å². The summed E-state index contributed by atoms with van der Waals surface area (Å²) in [5, 5.41) is 0. The molecule has 176 valence electrons. The molecule has 1 aliphatic rings. The average molecular weight is 445 g/mol. The van der Waals surface area contributed by atoms with Crippen LogP contribution in [0.5, 0.6) is 0 Å². The van der Waals surface area contributed by atoms with Gasteiger partial charge in [-0.15, -0.1) is 6.58 Å². The standard InChI is InChI=1S/C25H36N2O5/c1-4-10-21(24(29)26-31-20-13-8-9-14-20)22(17-18(2)3)25(30)27-32-23(28)16-15-19-11-6-5-7-12-19/h4-7,11-12,18,20-22H,1,8-10,13-17H2,2-3H3,(H,26,29)(H,27,30)/t21-,22+/m0/s1. The van der Waals surface area contributed by atoms with E-state index >= 15 is 0 Å². The molecule has 1 aromatic carbocycles. The number of hydrogen-bond acceptors (Lipinski definition) is 5. The Morgan fingerprint density at radius 2 is 1.72 bits per heavy atom. The Morgan fingerprint density at radius 3 is 2.34 bits per heavy atom. The Balaban J connectivity index is 1.92. The maximum atomic E-state index is 12.9. The minimum Gasteiger partial charge on any atom is -0.341 e. The topological polar surface area (TPSA) is 93.7 Å². The maximum Gasteiger partial charge on any atom is 0.332 e. The van der Waals surface area contributed by atoms with Crippen molar-refractivity contribution in [3.05, 3.63) is 48.6 Å². The highest BCUT2D eigenvalue weighted by atomic mass is 16.7. The van der Waals surface area contributed by atoms with E-state index in [9.17, 15) is 14.4 Å². The molecular weight excluding hydrogens is 408 g/mol. The Labute approximate surface area is 190 Å². The van der Waals surface area contributed by atoms with Crippen molar-refractivity contribution >= 4 is 17.8 Å². The SMILES string of the molecule is C=CC[C@H](C(=O)NOC1CCCC1)[C@@H](CC(C)C)C(=O)NOC(=O)CCc1ccccc1. The van der Waals surface area contributed by atoms with Crippen molar-refractivity contribution in [2.75, 3.05) is 0 Å². The van der Waals surface area contributed by atoms with Crippen molar-refractivity contribution in [2.24, 2.45) is 17.8 Å². The molecule has 2 atom stereocenters. The predicted molar refractivity (Wildman–Crippen MR) is 122 cm³/mol. The van der Waals surface area contributed by atoms with Crippen LogP contribution in [0.3, 0.4) is 0 Å². The molecule has 0 aliphatic heterocycles. The van der Waals surface area contributed by atoms with Gasteiger partial charge in [-0.25, -0.2) is 10.3 Å². The van der Waals surface area contributed by atoms with Gasteiger partial charge in [0.25, 0.3) is 5.91 Å². The van der Waals surface area contributed by atoms with Crippen molar-refractivity contribution in [1.82, 2.24) is 11.0 Å². The molecule has 32 heavy (non-hydrogen) atoms. The van der Waals surface area contributed by atoms with Crippen LogP contribution in [0.15, 0.2) is 43.0 Å². The van der Waals surface area contributed by atoms with Crippen molar-refractivity contribution in [2.45, 2.75) is 71.3 Å². The van der Waals surface area contributed by atoms with Crippen molar-refractivity contribution in [1.29, 1.82) is 0 Å². The van der Waals surface area contributed by atoms with Crippen LogP contribution in [0.2, 0.25) is 0 Å². The molecule has 0 aromatic heterocycles. The number of amides is 2. The summed E-state index contributed by atoms with van der Waals surface area (Å²) in [5.74, 6) is -2.56. The van der Waals surface area contributed by atoms with Crippen LogP contribution in [0, 0.1) is 17.8 Å². The van der Waals surface area contributed by atoms with Crippen LogP contribution < -0.4 is 11.0 Å². The lowest BCUT2D eigenvalue weighted by atomic mass is 9.82. The first-order valence-electron chi connectivity index (χ1n) is 11.5. The lowest BCUT2D eigenvalue weighted by molar-refractivity contribution is -0.162. The Bertz CT molecular complexity index is 744. The monoisotopic (exact) mass is 444 g/mol. The van der Waals surface area contributed by atoms with E-state index in [-0.39, 0.29) is 24.3 Å². The molecule has 0 saturated heterocycles. The summed E-state index contributed by atoms with van der Waals surface area (Å²) >= 11 is 0. The maximum absolute atomic E-state index is 12.9. The number of carbonyl (C=O) groups is 3. The fraction of sp³-hybridized carbons (Fsp3) is 0.560. The number of hydroxylamine groups is 2. The third-order valence-corrected chi connectivity index (χ3v) is 5.66. The number of aryl methyl sites for hydroxylation is 1. The summed E-state index contributed by atoms with van der Waals surface area (Å²) in [6, 6.07) is 9.57. The van der Waals surface area contributed by atoms with Gasteiger partial charge in [-0.2, -0.15) is 5.48 Å². The summed E-state index contributed by atoms with van der Waals surface area (Å²) in [5.41, 5.74) is 5.83. The van der Waals surface area contributed by atoms with Crippen LogP contribution in [0.1, 0.15) is 64.4 Å². The van der Waals surface area contributed by atoms with E-state index in [1.54, 1.807) is 6.08 Å². The van der Waals surface area contributed by atoms with Gasteiger partial charge in [0.2, 0.25) is 5.91 Å². The van der Waals surface area contributed by atoms with E-state index < -0.39 is 23.7 Å². The second kappa shape index (κ2) is 13.7. The van der Waals surface area contributed by atoms with Gasteiger partial charge in [0.05, 0.1) is 24.4 Å². The van der Waals surface area contributed by atoms with Gasteiger partial charge in [-0.3, -0.25) is 14.4 Å². The average Bonchev–Trinajstić information content (AvgIpc) is 3.31. The van der Waals surface area contributed by atoms with Crippen LogP contribution in [0.25, 0.3) is 0 Å². The number of nitrogens with one attached hydrogen (secondary N) is 2. The molecule has 1 saturated carbocycles. The second-order valence-electron chi connectivity index (χ2n) is 8.78. The zero-order valence-corrected chi connectivity index (χ0v) is 19.2. The van der Waals surface area contributed by atoms with Crippen LogP contribution in [-0.2, 0) is 30.5 Å². The first-order valence-corrected chi connectivity index (χ1v) is 11.5. The molecule has 2 amide bonds. The Morgan fingerprint density at radius 1 is 1.06 bits per heavy atom. The number of benzene rings is 1. The zero-order chi connectivity index (χ0) is 23.3. The molecular formula is C25H36N2O5. The predicted octanol–water partition coefficient (Wildman–Crippen LogP) is 4.04. The third kappa shape index (κ3) is 8.83. The number of carbonyl (C=O) groups excluding carboxylic acids is 3. The minimum atomic E-state index is -0.679. The van der Waals surface area contributed by atoms with Crippen molar-refractivity contribution in [3.63, 3.8) is 0 Å². The van der Waals surface area contributed by atoms with E-state index in [1.807, 2.05) is 44.2 Å². The summed E-state index contributed by atoms with van der Waals surface area (Å²) in [7, 11) is 0. The highest BCUT2D eigenvalue weighted by Gasteiger charge is 2.34. The summed E-state index contributed by atoms with van der Waals surface area (Å²) in [6.45, 7) is 7.68. The van der Waals surface area contributed by atoms with Crippen LogP contribution in [0.4, 0.5) is 0 Å². The highest BCUT2D eigenvalue weighted by Crippen LogP contribution is 2.26. The molecule has 1 fully saturated rings. The number of allylic oxidation sites excluding steroid dienone is 1. The minimum absolute atomic E-state index is 0.0197. The summed E-state index contributed by atoms with van der Waals surface area (Å²) < 4.78 is 0. The second-order valence-corrected chi connectivity index (χ2v) is 8.78. The summed E-state index contributed by atoms with van der Waals surface area (Å²) in [4.78, 5) is 48.4. The first-order chi connectivity index (χ1) is 15.4. The first kappa shape index (κ1) is 25.6. The van der Waals surface area contributed by atoms with E-state index in [0.29, 0.717) is 19.3 Å².